The van der Waals surface area contributed by atoms with E-state index >= 15 is 0 Å². The van der Waals surface area contributed by atoms with Crippen LogP contribution in [0.3, 0.4) is 0 Å². The molecule has 1 amide bonds. The maximum atomic E-state index is 13.5. The van der Waals surface area contributed by atoms with E-state index in [1.807, 2.05) is 31.1 Å². The first kappa shape index (κ1) is 22.6. The lowest BCUT2D eigenvalue weighted by molar-refractivity contribution is 0.0984. The highest BCUT2D eigenvalue weighted by molar-refractivity contribution is 7.22. The van der Waals surface area contributed by atoms with Gasteiger partial charge in [0, 0.05) is 36.9 Å². The Bertz CT molecular complexity index is 1000. The number of carbonyl (C=O) groups is 1. The summed E-state index contributed by atoms with van der Waals surface area (Å²) < 4.78 is 22.3. The van der Waals surface area contributed by atoms with Crippen LogP contribution in [-0.2, 0) is 0 Å². The van der Waals surface area contributed by atoms with Gasteiger partial charge >= 0.3 is 0 Å². The van der Waals surface area contributed by atoms with Crippen LogP contribution in [0.4, 0.5) is 5.13 Å². The molecule has 31 heavy (non-hydrogen) atoms. The van der Waals surface area contributed by atoms with Crippen molar-refractivity contribution < 1.29 is 23.7 Å². The molecule has 1 aromatic heterocycles. The lowest BCUT2D eigenvalue weighted by Gasteiger charge is -2.22. The average Bonchev–Trinajstić information content (AvgIpc) is 3.19. The van der Waals surface area contributed by atoms with E-state index in [0.29, 0.717) is 46.8 Å². The Labute approximate surface area is 185 Å². The van der Waals surface area contributed by atoms with E-state index in [1.165, 1.54) is 11.3 Å². The van der Waals surface area contributed by atoms with E-state index in [0.717, 1.165) is 10.2 Å². The minimum Gasteiger partial charge on any atom is -0.497 e. The fraction of sp³-hybridized carbons (Fsp3) is 0.364. The highest BCUT2D eigenvalue weighted by Gasteiger charge is 2.23. The number of hydrogen-bond donors (Lipinski definition) is 0. The number of ether oxygens (including phenoxy) is 4. The quantitative estimate of drug-likeness (QED) is 0.499. The van der Waals surface area contributed by atoms with Gasteiger partial charge in [-0.1, -0.05) is 11.3 Å². The van der Waals surface area contributed by atoms with Crippen LogP contribution < -0.4 is 23.8 Å². The number of hydrogen-bond acceptors (Lipinski definition) is 8. The number of anilines is 1. The second kappa shape index (κ2) is 9.84. The van der Waals surface area contributed by atoms with Gasteiger partial charge in [0.25, 0.3) is 5.91 Å². The fourth-order valence-electron chi connectivity index (χ4n) is 3.03. The van der Waals surface area contributed by atoms with Crippen LogP contribution in [0.25, 0.3) is 10.2 Å². The molecule has 0 aliphatic heterocycles. The summed E-state index contributed by atoms with van der Waals surface area (Å²) in [6.07, 6.45) is 0. The van der Waals surface area contributed by atoms with Crippen molar-refractivity contribution in [3.05, 3.63) is 35.9 Å². The molecule has 0 bridgehead atoms. The van der Waals surface area contributed by atoms with Gasteiger partial charge in [0.1, 0.15) is 11.5 Å². The molecule has 0 atom stereocenters. The van der Waals surface area contributed by atoms with Gasteiger partial charge in [-0.05, 0) is 26.2 Å². The van der Waals surface area contributed by atoms with Crippen molar-refractivity contribution in [2.75, 3.05) is 60.5 Å². The van der Waals surface area contributed by atoms with Gasteiger partial charge in [0.2, 0.25) is 0 Å². The van der Waals surface area contributed by atoms with Crippen LogP contribution in [0.5, 0.6) is 23.0 Å². The van der Waals surface area contributed by atoms with Crippen LogP contribution in [-0.4, -0.2) is 71.4 Å². The summed E-state index contributed by atoms with van der Waals surface area (Å²) in [5.41, 5.74) is 1.20. The Hall–Kier alpha value is -3.04. The first-order valence-electron chi connectivity index (χ1n) is 9.62. The van der Waals surface area contributed by atoms with Gasteiger partial charge in [-0.2, -0.15) is 0 Å². The molecule has 3 rings (SSSR count). The lowest BCUT2D eigenvalue weighted by atomic mass is 10.1. The predicted molar refractivity (Wildman–Crippen MR) is 123 cm³/mol. The standard InChI is InChI=1S/C22H27N3O5S/c1-24(2)7-8-25(21(26)14-9-15(27-3)11-16(10-14)28-4)22-23-17-12-18(29-5)19(30-6)13-20(17)31-22/h9-13H,7-8H2,1-6H3. The van der Waals surface area contributed by atoms with Crippen LogP contribution in [0, 0.1) is 0 Å². The summed E-state index contributed by atoms with van der Waals surface area (Å²) >= 11 is 1.43. The third kappa shape index (κ3) is 5.00. The first-order chi connectivity index (χ1) is 14.9. The molecular weight excluding hydrogens is 418 g/mol. The zero-order valence-corrected chi connectivity index (χ0v) is 19.4. The summed E-state index contributed by atoms with van der Waals surface area (Å²) in [7, 11) is 10.2. The molecular formula is C22H27N3O5S. The minimum absolute atomic E-state index is 0.183. The Morgan fingerprint density at radius 3 is 2.03 bits per heavy atom. The van der Waals surface area contributed by atoms with Crippen LogP contribution >= 0.6 is 11.3 Å². The van der Waals surface area contributed by atoms with Gasteiger partial charge in [-0.3, -0.25) is 9.69 Å². The second-order valence-electron chi connectivity index (χ2n) is 7.03. The number of aromatic nitrogens is 1. The molecule has 0 aliphatic rings. The molecule has 166 valence electrons. The lowest BCUT2D eigenvalue weighted by Crippen LogP contribution is -2.36. The smallest absolute Gasteiger partial charge is 0.260 e. The van der Waals surface area contributed by atoms with Crippen LogP contribution in [0.1, 0.15) is 10.4 Å². The summed E-state index contributed by atoms with van der Waals surface area (Å²) in [6.45, 7) is 1.15. The number of amides is 1. The Balaban J connectivity index is 2.05. The molecule has 8 nitrogen and oxygen atoms in total. The fourth-order valence-corrected chi connectivity index (χ4v) is 4.03. The van der Waals surface area contributed by atoms with Crippen molar-refractivity contribution in [3.63, 3.8) is 0 Å². The third-order valence-corrected chi connectivity index (χ3v) is 5.77. The zero-order chi connectivity index (χ0) is 22.5. The predicted octanol–water partition coefficient (Wildman–Crippen LogP) is 3.54. The molecule has 0 unspecified atom stereocenters. The average molecular weight is 446 g/mol. The maximum Gasteiger partial charge on any atom is 0.260 e. The molecule has 0 fully saturated rings. The van der Waals surface area contributed by atoms with Gasteiger partial charge in [-0.25, -0.2) is 4.98 Å². The molecule has 0 radical (unpaired) electrons. The number of fused-ring (bicyclic) bond motifs is 1. The monoisotopic (exact) mass is 445 g/mol. The molecule has 0 saturated carbocycles. The molecule has 0 saturated heterocycles. The van der Waals surface area contributed by atoms with Gasteiger partial charge < -0.3 is 23.8 Å². The van der Waals surface area contributed by atoms with Crippen molar-refractivity contribution >= 4 is 32.6 Å². The van der Waals surface area contributed by atoms with E-state index in [2.05, 4.69) is 0 Å². The number of carbonyl (C=O) groups excluding carboxylic acids is 1. The van der Waals surface area contributed by atoms with E-state index in [9.17, 15) is 4.79 Å². The number of thiazole rings is 1. The number of likely N-dealkylation sites (N-methyl/N-ethyl adjacent to an activating group) is 1. The molecule has 0 spiro atoms. The van der Waals surface area contributed by atoms with Crippen molar-refractivity contribution in [3.8, 4) is 23.0 Å². The summed E-state index contributed by atoms with van der Waals surface area (Å²) in [5, 5.41) is 0.596. The van der Waals surface area contributed by atoms with E-state index in [-0.39, 0.29) is 5.91 Å². The number of methoxy groups -OCH3 is 4. The SMILES string of the molecule is COc1cc(OC)cc(C(=O)N(CCN(C)C)c2nc3cc(OC)c(OC)cc3s2)c1. The Kier molecular flexibility index (Phi) is 7.19. The number of nitrogens with zero attached hydrogens (tertiary/aromatic N) is 3. The van der Waals surface area contributed by atoms with Crippen LogP contribution in [0.15, 0.2) is 30.3 Å². The summed E-state index contributed by atoms with van der Waals surface area (Å²) in [5.74, 6) is 2.13. The Morgan fingerprint density at radius 1 is 0.871 bits per heavy atom. The summed E-state index contributed by atoms with van der Waals surface area (Å²) in [4.78, 5) is 21.9. The normalized spacial score (nSPS) is 10.9. The van der Waals surface area contributed by atoms with Crippen molar-refractivity contribution in [2.45, 2.75) is 0 Å². The van der Waals surface area contributed by atoms with Crippen LogP contribution in [0.2, 0.25) is 0 Å². The van der Waals surface area contributed by atoms with Crippen molar-refractivity contribution in [1.29, 1.82) is 0 Å². The highest BCUT2D eigenvalue weighted by Crippen LogP contribution is 2.37. The number of rotatable bonds is 9. The second-order valence-corrected chi connectivity index (χ2v) is 8.04. The molecule has 2 aromatic carbocycles. The molecule has 3 aromatic rings. The first-order valence-corrected chi connectivity index (χ1v) is 10.4. The van der Waals surface area contributed by atoms with E-state index in [4.69, 9.17) is 23.9 Å². The summed E-state index contributed by atoms with van der Waals surface area (Å²) in [6, 6.07) is 8.83. The molecule has 9 heteroatoms. The van der Waals surface area contributed by atoms with E-state index in [1.54, 1.807) is 51.5 Å². The molecule has 1 heterocycles. The highest BCUT2D eigenvalue weighted by atomic mass is 32.1. The van der Waals surface area contributed by atoms with Gasteiger partial charge in [0.15, 0.2) is 16.6 Å². The maximum absolute atomic E-state index is 13.5. The molecule has 0 N–H and O–H groups in total. The van der Waals surface area contributed by atoms with Gasteiger partial charge in [0.05, 0.1) is 38.7 Å². The van der Waals surface area contributed by atoms with E-state index < -0.39 is 0 Å². The third-order valence-electron chi connectivity index (χ3n) is 4.73. The topological polar surface area (TPSA) is 73.4 Å². The minimum atomic E-state index is -0.183. The van der Waals surface area contributed by atoms with Crippen molar-refractivity contribution in [2.24, 2.45) is 0 Å². The zero-order valence-electron chi connectivity index (χ0n) is 18.6. The van der Waals surface area contributed by atoms with Crippen molar-refractivity contribution in [1.82, 2.24) is 9.88 Å². The number of benzene rings is 2. The largest absolute Gasteiger partial charge is 0.497 e. The molecule has 0 aliphatic carbocycles. The van der Waals surface area contributed by atoms with Gasteiger partial charge in [-0.15, -0.1) is 0 Å². The Morgan fingerprint density at radius 2 is 1.48 bits per heavy atom.